The third-order valence-electron chi connectivity index (χ3n) is 5.33. The Labute approximate surface area is 180 Å². The summed E-state index contributed by atoms with van der Waals surface area (Å²) in [7, 11) is 0. The number of carbonyl (C=O) groups is 1. The number of hydrogen-bond donors (Lipinski definition) is 1. The first-order valence-corrected chi connectivity index (χ1v) is 11.0. The van der Waals surface area contributed by atoms with Gasteiger partial charge in [0.05, 0.1) is 6.04 Å². The van der Waals surface area contributed by atoms with Crippen molar-refractivity contribution >= 4 is 30.0 Å². The lowest BCUT2D eigenvalue weighted by Crippen LogP contribution is -2.43. The maximum absolute atomic E-state index is 12.8. The number of carbonyl (C=O) groups excluding carboxylic acids is 1. The minimum absolute atomic E-state index is 0. The van der Waals surface area contributed by atoms with Crippen LogP contribution in [0.3, 0.4) is 0 Å². The van der Waals surface area contributed by atoms with E-state index in [1.54, 1.807) is 0 Å². The Hall–Kier alpha value is -1.29. The standard InChI is InChI=1S/C24H31NOS.ClH/c1-17(2)27-23-14-12-20(13-15-23)24(26)18(3)25-22-11-7-10-21(16-22)19-8-5-4-6-9-19;/h4-6,8-9,12-15,17-18,21-22,25H,7,10-11,16H2,1-3H3;1H/t18?,21-,22+;/m1./s1. The molecule has 28 heavy (non-hydrogen) atoms. The summed E-state index contributed by atoms with van der Waals surface area (Å²) >= 11 is 1.83. The molecule has 2 aromatic rings. The van der Waals surface area contributed by atoms with E-state index in [-0.39, 0.29) is 24.2 Å². The highest BCUT2D eigenvalue weighted by Gasteiger charge is 2.26. The topological polar surface area (TPSA) is 29.1 Å². The van der Waals surface area contributed by atoms with E-state index in [1.807, 2.05) is 30.8 Å². The maximum atomic E-state index is 12.8. The molecule has 0 bridgehead atoms. The van der Waals surface area contributed by atoms with Crippen molar-refractivity contribution in [2.24, 2.45) is 0 Å². The van der Waals surface area contributed by atoms with Gasteiger partial charge in [0.2, 0.25) is 0 Å². The average molecular weight is 418 g/mol. The highest BCUT2D eigenvalue weighted by Crippen LogP contribution is 2.33. The smallest absolute Gasteiger partial charge is 0.179 e. The first-order valence-electron chi connectivity index (χ1n) is 10.1. The molecule has 1 aliphatic carbocycles. The van der Waals surface area contributed by atoms with E-state index >= 15 is 0 Å². The number of halogens is 1. The van der Waals surface area contributed by atoms with Gasteiger partial charge in [0.15, 0.2) is 5.78 Å². The number of thioether (sulfide) groups is 1. The van der Waals surface area contributed by atoms with Gasteiger partial charge in [0, 0.05) is 21.8 Å². The lowest BCUT2D eigenvalue weighted by Gasteiger charge is -2.32. The highest BCUT2D eigenvalue weighted by molar-refractivity contribution is 7.99. The quantitative estimate of drug-likeness (QED) is 0.412. The molecule has 0 heterocycles. The Morgan fingerprint density at radius 1 is 1.00 bits per heavy atom. The minimum Gasteiger partial charge on any atom is -0.305 e. The first kappa shape index (κ1) is 23.0. The molecule has 1 saturated carbocycles. The van der Waals surface area contributed by atoms with Crippen LogP contribution in [0.25, 0.3) is 0 Å². The van der Waals surface area contributed by atoms with Crippen LogP contribution in [0.4, 0.5) is 0 Å². The van der Waals surface area contributed by atoms with Crippen LogP contribution < -0.4 is 5.32 Å². The lowest BCUT2D eigenvalue weighted by atomic mass is 9.81. The maximum Gasteiger partial charge on any atom is 0.179 e. The van der Waals surface area contributed by atoms with Gasteiger partial charge in [-0.25, -0.2) is 0 Å². The summed E-state index contributed by atoms with van der Waals surface area (Å²) < 4.78 is 0. The Morgan fingerprint density at radius 3 is 2.32 bits per heavy atom. The predicted octanol–water partition coefficient (Wildman–Crippen LogP) is 6.50. The fourth-order valence-electron chi connectivity index (χ4n) is 4.02. The zero-order chi connectivity index (χ0) is 19.2. The van der Waals surface area contributed by atoms with Crippen molar-refractivity contribution in [2.75, 3.05) is 0 Å². The number of benzene rings is 2. The number of hydrogen-bond acceptors (Lipinski definition) is 3. The van der Waals surface area contributed by atoms with Gasteiger partial charge in [-0.2, -0.15) is 0 Å². The molecule has 1 N–H and O–H groups in total. The molecular weight excluding hydrogens is 386 g/mol. The van der Waals surface area contributed by atoms with Crippen molar-refractivity contribution in [3.05, 3.63) is 65.7 Å². The van der Waals surface area contributed by atoms with Crippen molar-refractivity contribution in [1.82, 2.24) is 5.32 Å². The molecule has 1 unspecified atom stereocenters. The molecule has 152 valence electrons. The van der Waals surface area contributed by atoms with Gasteiger partial charge in [0.1, 0.15) is 0 Å². The van der Waals surface area contributed by atoms with Gasteiger partial charge in [-0.3, -0.25) is 4.79 Å². The van der Waals surface area contributed by atoms with Crippen molar-refractivity contribution < 1.29 is 4.79 Å². The second-order valence-corrected chi connectivity index (χ2v) is 9.56. The van der Waals surface area contributed by atoms with E-state index in [4.69, 9.17) is 0 Å². The molecule has 0 aliphatic heterocycles. The zero-order valence-electron chi connectivity index (χ0n) is 17.1. The SMILES string of the molecule is CC(C)Sc1ccc(C(=O)C(C)N[C@H]2CCC[C@@H](c3ccccc3)C2)cc1.Cl. The molecule has 0 radical (unpaired) electrons. The molecule has 0 aromatic heterocycles. The van der Waals surface area contributed by atoms with Crippen LogP contribution in [-0.4, -0.2) is 23.1 Å². The van der Waals surface area contributed by atoms with Crippen molar-refractivity contribution in [1.29, 1.82) is 0 Å². The van der Waals surface area contributed by atoms with Crippen LogP contribution in [0.5, 0.6) is 0 Å². The third-order valence-corrected chi connectivity index (χ3v) is 6.35. The molecule has 2 nitrogen and oxygen atoms in total. The first-order chi connectivity index (χ1) is 13.0. The van der Waals surface area contributed by atoms with E-state index < -0.39 is 0 Å². The zero-order valence-corrected chi connectivity index (χ0v) is 18.7. The molecular formula is C24H32ClNOS. The van der Waals surface area contributed by atoms with Crippen molar-refractivity contribution in [2.45, 2.75) is 74.6 Å². The van der Waals surface area contributed by atoms with E-state index in [0.29, 0.717) is 17.2 Å². The van der Waals surface area contributed by atoms with Gasteiger partial charge in [-0.05, 0) is 49.8 Å². The van der Waals surface area contributed by atoms with Crippen molar-refractivity contribution in [3.63, 3.8) is 0 Å². The van der Waals surface area contributed by atoms with Gasteiger partial charge in [-0.15, -0.1) is 24.2 Å². The molecule has 4 heteroatoms. The van der Waals surface area contributed by atoms with E-state index in [2.05, 4.69) is 61.6 Å². The van der Waals surface area contributed by atoms with Crippen LogP contribution in [0.15, 0.2) is 59.5 Å². The summed E-state index contributed by atoms with van der Waals surface area (Å²) in [5, 5.41) is 4.16. The number of Topliss-reactive ketones (excluding diaryl/α,β-unsaturated/α-hetero) is 1. The fraction of sp³-hybridized carbons (Fsp3) is 0.458. The second-order valence-electron chi connectivity index (χ2n) is 7.91. The minimum atomic E-state index is -0.145. The third kappa shape index (κ3) is 6.37. The number of ketones is 1. The number of rotatable bonds is 7. The van der Waals surface area contributed by atoms with Gasteiger partial charge in [0.25, 0.3) is 0 Å². The van der Waals surface area contributed by atoms with Crippen LogP contribution in [0.1, 0.15) is 68.3 Å². The summed E-state index contributed by atoms with van der Waals surface area (Å²) in [5.74, 6) is 0.796. The Kier molecular flexibility index (Phi) is 9.07. The Morgan fingerprint density at radius 2 is 1.68 bits per heavy atom. The summed E-state index contributed by atoms with van der Waals surface area (Å²) in [4.78, 5) is 14.1. The molecule has 0 saturated heterocycles. The second kappa shape index (κ2) is 11.0. The number of nitrogens with one attached hydrogen (secondary N) is 1. The highest BCUT2D eigenvalue weighted by atomic mass is 35.5. The molecule has 3 rings (SSSR count). The van der Waals surface area contributed by atoms with Crippen LogP contribution in [0, 0.1) is 0 Å². The lowest BCUT2D eigenvalue weighted by molar-refractivity contribution is 0.0939. The summed E-state index contributed by atoms with van der Waals surface area (Å²) in [6.45, 7) is 6.37. The molecule has 3 atom stereocenters. The fourth-order valence-corrected chi connectivity index (χ4v) is 4.86. The van der Waals surface area contributed by atoms with Gasteiger partial charge in [-0.1, -0.05) is 62.7 Å². The van der Waals surface area contributed by atoms with Crippen LogP contribution in [0.2, 0.25) is 0 Å². The van der Waals surface area contributed by atoms with Crippen molar-refractivity contribution in [3.8, 4) is 0 Å². The summed E-state index contributed by atoms with van der Waals surface area (Å²) in [6.07, 6.45) is 4.75. The normalized spacial score (nSPS) is 20.4. The van der Waals surface area contributed by atoms with Crippen LogP contribution in [-0.2, 0) is 0 Å². The van der Waals surface area contributed by atoms with Gasteiger partial charge >= 0.3 is 0 Å². The summed E-state index contributed by atoms with van der Waals surface area (Å²) in [5.41, 5.74) is 2.24. The average Bonchev–Trinajstić information content (AvgIpc) is 2.68. The predicted molar refractivity (Wildman–Crippen MR) is 123 cm³/mol. The van der Waals surface area contributed by atoms with E-state index in [1.165, 1.54) is 23.3 Å². The Bertz CT molecular complexity index is 732. The molecule has 0 spiro atoms. The molecule has 2 aromatic carbocycles. The molecule has 1 fully saturated rings. The summed E-state index contributed by atoms with van der Waals surface area (Å²) in [6, 6.07) is 19.1. The monoisotopic (exact) mass is 417 g/mol. The molecule has 1 aliphatic rings. The van der Waals surface area contributed by atoms with Gasteiger partial charge < -0.3 is 5.32 Å². The van der Waals surface area contributed by atoms with Crippen LogP contribution >= 0.6 is 24.2 Å². The van der Waals surface area contributed by atoms with E-state index in [0.717, 1.165) is 18.4 Å². The Balaban J connectivity index is 0.00000280. The molecule has 0 amide bonds. The largest absolute Gasteiger partial charge is 0.305 e. The van der Waals surface area contributed by atoms with E-state index in [9.17, 15) is 4.79 Å².